The fourth-order valence-corrected chi connectivity index (χ4v) is 4.25. The van der Waals surface area contributed by atoms with E-state index in [1.165, 1.54) is 0 Å². The molecule has 1 aliphatic heterocycles. The van der Waals surface area contributed by atoms with Crippen LogP contribution >= 0.6 is 11.6 Å². The molecule has 0 aliphatic carbocycles. The van der Waals surface area contributed by atoms with E-state index in [9.17, 15) is 0 Å². The van der Waals surface area contributed by atoms with Gasteiger partial charge in [-0.3, -0.25) is 4.98 Å². The molecule has 28 heavy (non-hydrogen) atoms. The molecule has 1 fully saturated rings. The van der Waals surface area contributed by atoms with Gasteiger partial charge in [0.05, 0.1) is 29.8 Å². The predicted octanol–water partition coefficient (Wildman–Crippen LogP) is 4.26. The lowest BCUT2D eigenvalue weighted by Gasteiger charge is -2.30. The van der Waals surface area contributed by atoms with Gasteiger partial charge in [0.2, 0.25) is 5.89 Å². The molecule has 8 heteroatoms. The standard InChI is InChI=1S/C20H20ClN5O2/c1-11-7-14(5-6-27-11)26-19(9-18-23-12(2)28-25-18)24-17-10-22-16-4-3-13(21)8-15(16)20(17)26/h3-4,8,10-11,14H,5-7,9H2,1-2H3/t11-,14-/m0/s1. The molecule has 4 aromatic rings. The number of pyridine rings is 1. The van der Waals surface area contributed by atoms with E-state index in [2.05, 4.69) is 26.6 Å². The highest BCUT2D eigenvalue weighted by molar-refractivity contribution is 6.31. The summed E-state index contributed by atoms with van der Waals surface area (Å²) in [6.07, 6.45) is 4.38. The molecule has 0 bridgehead atoms. The third-order valence-corrected chi connectivity index (χ3v) is 5.49. The van der Waals surface area contributed by atoms with E-state index in [1.54, 1.807) is 6.92 Å². The smallest absolute Gasteiger partial charge is 0.223 e. The lowest BCUT2D eigenvalue weighted by atomic mass is 10.0. The van der Waals surface area contributed by atoms with Crippen LogP contribution in [0, 0.1) is 6.92 Å². The Morgan fingerprint density at radius 3 is 2.93 bits per heavy atom. The third kappa shape index (κ3) is 3.04. The lowest BCUT2D eigenvalue weighted by Crippen LogP contribution is -2.26. The van der Waals surface area contributed by atoms with Crippen molar-refractivity contribution in [3.63, 3.8) is 0 Å². The van der Waals surface area contributed by atoms with Gasteiger partial charge < -0.3 is 13.8 Å². The van der Waals surface area contributed by atoms with Crippen LogP contribution in [0.25, 0.3) is 21.9 Å². The normalized spacial score (nSPS) is 20.2. The highest BCUT2D eigenvalue weighted by Crippen LogP contribution is 2.34. The monoisotopic (exact) mass is 397 g/mol. The van der Waals surface area contributed by atoms with Crippen molar-refractivity contribution in [1.29, 1.82) is 0 Å². The van der Waals surface area contributed by atoms with Crippen LogP contribution in [0.4, 0.5) is 0 Å². The summed E-state index contributed by atoms with van der Waals surface area (Å²) in [5.74, 6) is 2.09. The number of fused-ring (bicyclic) bond motifs is 3. The number of ether oxygens (including phenoxy) is 1. The number of rotatable bonds is 3. The van der Waals surface area contributed by atoms with Crippen molar-refractivity contribution in [2.24, 2.45) is 0 Å². The molecule has 0 amide bonds. The Labute approximate surface area is 166 Å². The maximum Gasteiger partial charge on any atom is 0.223 e. The molecular formula is C20H20ClN5O2. The van der Waals surface area contributed by atoms with Crippen molar-refractivity contribution in [3.8, 4) is 0 Å². The Kier molecular flexibility index (Phi) is 4.29. The first-order valence-corrected chi connectivity index (χ1v) is 9.82. The molecule has 0 spiro atoms. The maximum atomic E-state index is 6.31. The summed E-state index contributed by atoms with van der Waals surface area (Å²) in [6.45, 7) is 4.64. The molecular weight excluding hydrogens is 378 g/mol. The van der Waals surface area contributed by atoms with Crippen LogP contribution in [0.2, 0.25) is 5.02 Å². The Morgan fingerprint density at radius 2 is 2.14 bits per heavy atom. The third-order valence-electron chi connectivity index (χ3n) is 5.26. The minimum Gasteiger partial charge on any atom is -0.378 e. The number of nitrogens with zero attached hydrogens (tertiary/aromatic N) is 5. The quantitative estimate of drug-likeness (QED) is 0.514. The number of aryl methyl sites for hydroxylation is 1. The molecule has 0 radical (unpaired) electrons. The second-order valence-corrected chi connectivity index (χ2v) is 7.75. The minimum absolute atomic E-state index is 0.202. The highest BCUT2D eigenvalue weighted by Gasteiger charge is 2.27. The summed E-state index contributed by atoms with van der Waals surface area (Å²) >= 11 is 6.31. The van der Waals surface area contributed by atoms with Gasteiger partial charge in [-0.2, -0.15) is 4.98 Å². The minimum atomic E-state index is 0.202. The summed E-state index contributed by atoms with van der Waals surface area (Å²) < 4.78 is 13.3. The lowest BCUT2D eigenvalue weighted by molar-refractivity contribution is 0.00630. The first-order chi connectivity index (χ1) is 13.6. The first-order valence-electron chi connectivity index (χ1n) is 9.44. The van der Waals surface area contributed by atoms with Gasteiger partial charge in [-0.25, -0.2) is 4.98 Å². The van der Waals surface area contributed by atoms with Crippen LogP contribution in [0.15, 0.2) is 28.9 Å². The molecule has 1 aromatic carbocycles. The molecule has 144 valence electrons. The van der Waals surface area contributed by atoms with E-state index < -0.39 is 0 Å². The Hall–Kier alpha value is -2.51. The van der Waals surface area contributed by atoms with Crippen molar-refractivity contribution in [1.82, 2.24) is 24.7 Å². The molecule has 0 unspecified atom stereocenters. The van der Waals surface area contributed by atoms with E-state index in [0.29, 0.717) is 23.2 Å². The van der Waals surface area contributed by atoms with Gasteiger partial charge in [0.25, 0.3) is 0 Å². The number of hydrogen-bond acceptors (Lipinski definition) is 6. The van der Waals surface area contributed by atoms with Gasteiger partial charge >= 0.3 is 0 Å². The van der Waals surface area contributed by atoms with Gasteiger partial charge in [0, 0.05) is 30.0 Å². The van der Waals surface area contributed by atoms with Crippen LogP contribution in [-0.4, -0.2) is 37.4 Å². The summed E-state index contributed by atoms with van der Waals surface area (Å²) in [4.78, 5) is 13.8. The van der Waals surface area contributed by atoms with Gasteiger partial charge in [-0.15, -0.1) is 0 Å². The second kappa shape index (κ2) is 6.83. The average molecular weight is 398 g/mol. The number of imidazole rings is 1. The SMILES string of the molecule is Cc1nc(Cc2nc3cnc4ccc(Cl)cc4c3n2[C@H]2CCO[C@@H](C)C2)no1. The fraction of sp³-hybridized carbons (Fsp3) is 0.400. The zero-order chi connectivity index (χ0) is 19.3. The van der Waals surface area contributed by atoms with Gasteiger partial charge in [0.1, 0.15) is 11.3 Å². The largest absolute Gasteiger partial charge is 0.378 e. The highest BCUT2D eigenvalue weighted by atomic mass is 35.5. The van der Waals surface area contributed by atoms with Crippen molar-refractivity contribution in [2.75, 3.05) is 6.61 Å². The van der Waals surface area contributed by atoms with E-state index in [1.807, 2.05) is 24.4 Å². The van der Waals surface area contributed by atoms with Crippen LogP contribution in [0.5, 0.6) is 0 Å². The average Bonchev–Trinajstić information content (AvgIpc) is 3.25. The topological polar surface area (TPSA) is 78.9 Å². The van der Waals surface area contributed by atoms with Crippen LogP contribution in [0.3, 0.4) is 0 Å². The number of hydrogen-bond donors (Lipinski definition) is 0. The molecule has 4 heterocycles. The van der Waals surface area contributed by atoms with Crippen molar-refractivity contribution >= 4 is 33.5 Å². The van der Waals surface area contributed by atoms with Crippen LogP contribution in [0.1, 0.15) is 43.3 Å². The molecule has 1 aliphatic rings. The van der Waals surface area contributed by atoms with E-state index in [-0.39, 0.29) is 12.1 Å². The fourth-order valence-electron chi connectivity index (χ4n) is 4.08. The Balaban J connectivity index is 1.74. The molecule has 1 saturated heterocycles. The van der Waals surface area contributed by atoms with Gasteiger partial charge in [0.15, 0.2) is 5.82 Å². The molecule has 0 N–H and O–H groups in total. The molecule has 0 saturated carbocycles. The number of benzene rings is 1. The molecule has 3 aromatic heterocycles. The van der Waals surface area contributed by atoms with E-state index in [0.717, 1.165) is 47.2 Å². The summed E-state index contributed by atoms with van der Waals surface area (Å²) in [5.41, 5.74) is 2.81. The van der Waals surface area contributed by atoms with E-state index >= 15 is 0 Å². The molecule has 7 nitrogen and oxygen atoms in total. The Bertz CT molecular complexity index is 1170. The van der Waals surface area contributed by atoms with Crippen molar-refractivity contribution < 1.29 is 9.26 Å². The summed E-state index contributed by atoms with van der Waals surface area (Å²) in [5, 5.41) is 5.75. The second-order valence-electron chi connectivity index (χ2n) is 7.32. The number of aromatic nitrogens is 5. The van der Waals surface area contributed by atoms with Crippen molar-refractivity contribution in [2.45, 2.75) is 45.3 Å². The van der Waals surface area contributed by atoms with Gasteiger partial charge in [-0.1, -0.05) is 16.8 Å². The van der Waals surface area contributed by atoms with Gasteiger partial charge in [-0.05, 0) is 38.0 Å². The predicted molar refractivity (Wildman–Crippen MR) is 106 cm³/mol. The van der Waals surface area contributed by atoms with Crippen molar-refractivity contribution in [3.05, 3.63) is 47.0 Å². The first kappa shape index (κ1) is 17.6. The van der Waals surface area contributed by atoms with Crippen LogP contribution in [-0.2, 0) is 11.2 Å². The van der Waals surface area contributed by atoms with Crippen LogP contribution < -0.4 is 0 Å². The Morgan fingerprint density at radius 1 is 1.25 bits per heavy atom. The molecule has 5 rings (SSSR count). The summed E-state index contributed by atoms with van der Waals surface area (Å²) in [6, 6.07) is 6.06. The van der Waals surface area contributed by atoms with E-state index in [4.69, 9.17) is 25.8 Å². The zero-order valence-electron chi connectivity index (χ0n) is 15.7. The number of halogens is 1. The molecule has 2 atom stereocenters. The summed E-state index contributed by atoms with van der Waals surface area (Å²) in [7, 11) is 0. The zero-order valence-corrected chi connectivity index (χ0v) is 16.5. The maximum absolute atomic E-state index is 6.31.